The maximum Gasteiger partial charge on any atom is 0.314 e. The van der Waals surface area contributed by atoms with Crippen molar-refractivity contribution in [3.8, 4) is 5.75 Å². The first-order valence-corrected chi connectivity index (χ1v) is 10.2. The Morgan fingerprint density at radius 2 is 1.77 bits per heavy atom. The Kier molecular flexibility index (Phi) is 5.65. The second-order valence-electron chi connectivity index (χ2n) is 6.32. The minimum atomic E-state index is -3.51. The molecule has 5 nitrogen and oxygen atoms in total. The van der Waals surface area contributed by atoms with Gasteiger partial charge in [-0.3, -0.25) is 4.79 Å². The van der Waals surface area contributed by atoms with Gasteiger partial charge in [0, 0.05) is 18.1 Å². The van der Waals surface area contributed by atoms with Crippen LogP contribution in [0.4, 0.5) is 0 Å². The average Bonchev–Trinajstić information content (AvgIpc) is 2.65. The van der Waals surface area contributed by atoms with Crippen LogP contribution in [-0.2, 0) is 14.8 Å². The summed E-state index contributed by atoms with van der Waals surface area (Å²) in [5.41, 5.74) is 0.787. The van der Waals surface area contributed by atoms with Crippen molar-refractivity contribution in [3.05, 3.63) is 59.1 Å². The largest absolute Gasteiger partial charge is 0.426 e. The number of sulfonamides is 1. The second-order valence-corrected chi connectivity index (χ2v) is 8.70. The molecule has 0 amide bonds. The minimum Gasteiger partial charge on any atom is -0.426 e. The molecule has 0 spiro atoms. The molecule has 0 atom stereocenters. The molecule has 7 heteroatoms. The molecule has 1 aliphatic heterocycles. The highest BCUT2D eigenvalue weighted by molar-refractivity contribution is 7.89. The lowest BCUT2D eigenvalue weighted by atomic mass is 9.98. The third-order valence-electron chi connectivity index (χ3n) is 4.52. The van der Waals surface area contributed by atoms with Gasteiger partial charge in [-0.15, -0.1) is 0 Å². The van der Waals surface area contributed by atoms with Crippen molar-refractivity contribution in [2.45, 2.75) is 24.7 Å². The molecular weight excluding hydrogens is 374 g/mol. The van der Waals surface area contributed by atoms with Gasteiger partial charge in [0.2, 0.25) is 10.0 Å². The summed E-state index contributed by atoms with van der Waals surface area (Å²) in [5.74, 6) is -0.154. The average molecular weight is 394 g/mol. The fourth-order valence-electron chi connectivity index (χ4n) is 2.99. The highest BCUT2D eigenvalue weighted by Gasteiger charge is 2.33. The lowest BCUT2D eigenvalue weighted by molar-refractivity contribution is -0.140. The molecule has 0 bridgehead atoms. The van der Waals surface area contributed by atoms with Gasteiger partial charge in [-0.2, -0.15) is 4.31 Å². The lowest BCUT2D eigenvalue weighted by Crippen LogP contribution is -2.41. The molecule has 0 aromatic heterocycles. The predicted octanol–water partition coefficient (Wildman–Crippen LogP) is 3.65. The van der Waals surface area contributed by atoms with Crippen molar-refractivity contribution >= 4 is 27.6 Å². The number of esters is 1. The van der Waals surface area contributed by atoms with Crippen molar-refractivity contribution in [3.63, 3.8) is 0 Å². The van der Waals surface area contributed by atoms with E-state index in [1.165, 1.54) is 4.31 Å². The van der Waals surface area contributed by atoms with E-state index in [1.807, 2.05) is 6.92 Å². The standard InChI is InChI=1S/C19H20ClNO4S/c1-14-13-16(20)7-8-18(14)25-19(22)15-9-11-21(12-10-15)26(23,24)17-5-3-2-4-6-17/h2-8,13,15H,9-12H2,1H3. The van der Waals surface area contributed by atoms with Gasteiger partial charge in [0.25, 0.3) is 0 Å². The first-order chi connectivity index (χ1) is 12.4. The van der Waals surface area contributed by atoms with Crippen LogP contribution in [0.3, 0.4) is 0 Å². The van der Waals surface area contributed by atoms with Crippen LogP contribution >= 0.6 is 11.6 Å². The first kappa shape index (κ1) is 18.9. The molecule has 1 aliphatic rings. The predicted molar refractivity (Wildman–Crippen MR) is 99.7 cm³/mol. The van der Waals surface area contributed by atoms with Crippen LogP contribution in [0.5, 0.6) is 5.75 Å². The van der Waals surface area contributed by atoms with E-state index in [1.54, 1.807) is 48.5 Å². The number of rotatable bonds is 4. The summed E-state index contributed by atoms with van der Waals surface area (Å²) in [6, 6.07) is 13.4. The number of ether oxygens (including phenoxy) is 1. The van der Waals surface area contributed by atoms with Gasteiger partial charge in [-0.05, 0) is 55.7 Å². The number of carbonyl (C=O) groups excluding carboxylic acids is 1. The summed E-state index contributed by atoms with van der Waals surface area (Å²) in [4.78, 5) is 12.7. The number of carbonyl (C=O) groups is 1. The molecule has 0 saturated carbocycles. The molecule has 26 heavy (non-hydrogen) atoms. The van der Waals surface area contributed by atoms with Crippen LogP contribution in [0.25, 0.3) is 0 Å². The fourth-order valence-corrected chi connectivity index (χ4v) is 4.71. The molecule has 0 radical (unpaired) electrons. The summed E-state index contributed by atoms with van der Waals surface area (Å²) in [6.45, 7) is 2.43. The van der Waals surface area contributed by atoms with Crippen LogP contribution < -0.4 is 4.74 Å². The molecule has 1 saturated heterocycles. The van der Waals surface area contributed by atoms with Gasteiger partial charge in [0.1, 0.15) is 5.75 Å². The molecule has 0 N–H and O–H groups in total. The van der Waals surface area contributed by atoms with Gasteiger partial charge < -0.3 is 4.74 Å². The minimum absolute atomic E-state index is 0.276. The molecule has 2 aromatic carbocycles. The molecular formula is C19H20ClNO4S. The van der Waals surface area contributed by atoms with E-state index in [2.05, 4.69) is 0 Å². The zero-order chi connectivity index (χ0) is 18.7. The Labute approximate surface area is 158 Å². The highest BCUT2D eigenvalue weighted by atomic mass is 35.5. The van der Waals surface area contributed by atoms with E-state index < -0.39 is 10.0 Å². The maximum atomic E-state index is 12.6. The smallest absolute Gasteiger partial charge is 0.314 e. The normalized spacial score (nSPS) is 16.4. The fraction of sp³-hybridized carbons (Fsp3) is 0.316. The van der Waals surface area contributed by atoms with Crippen LogP contribution in [-0.4, -0.2) is 31.8 Å². The Balaban J connectivity index is 1.62. The van der Waals surface area contributed by atoms with Gasteiger partial charge >= 0.3 is 5.97 Å². The number of halogens is 1. The van der Waals surface area contributed by atoms with Crippen LogP contribution in [0.15, 0.2) is 53.4 Å². The summed E-state index contributed by atoms with van der Waals surface area (Å²) in [7, 11) is -3.51. The third kappa shape index (κ3) is 4.09. The van der Waals surface area contributed by atoms with Crippen LogP contribution in [0, 0.1) is 12.8 Å². The molecule has 1 fully saturated rings. The Morgan fingerprint density at radius 1 is 1.12 bits per heavy atom. The summed E-state index contributed by atoms with van der Waals surface area (Å²) < 4.78 is 32.2. The van der Waals surface area contributed by atoms with E-state index in [4.69, 9.17) is 16.3 Å². The van der Waals surface area contributed by atoms with Crippen LogP contribution in [0.2, 0.25) is 5.02 Å². The topological polar surface area (TPSA) is 63.7 Å². The number of hydrogen-bond donors (Lipinski definition) is 0. The molecule has 0 aliphatic carbocycles. The SMILES string of the molecule is Cc1cc(Cl)ccc1OC(=O)C1CCN(S(=O)(=O)c2ccccc2)CC1. The van der Waals surface area contributed by atoms with Gasteiger partial charge in [0.15, 0.2) is 0 Å². The number of hydrogen-bond acceptors (Lipinski definition) is 4. The summed E-state index contributed by atoms with van der Waals surface area (Å²) >= 11 is 5.91. The number of aryl methyl sites for hydroxylation is 1. The number of nitrogens with zero attached hydrogens (tertiary/aromatic N) is 1. The summed E-state index contributed by atoms with van der Waals surface area (Å²) in [6.07, 6.45) is 0.884. The third-order valence-corrected chi connectivity index (χ3v) is 6.66. The zero-order valence-corrected chi connectivity index (χ0v) is 16.0. The zero-order valence-electron chi connectivity index (χ0n) is 14.4. The van der Waals surface area contributed by atoms with E-state index in [0.29, 0.717) is 36.7 Å². The van der Waals surface area contributed by atoms with Crippen molar-refractivity contribution in [1.82, 2.24) is 4.31 Å². The van der Waals surface area contributed by atoms with Crippen molar-refractivity contribution in [2.24, 2.45) is 5.92 Å². The Morgan fingerprint density at radius 3 is 2.38 bits per heavy atom. The molecule has 0 unspecified atom stereocenters. The van der Waals surface area contributed by atoms with E-state index >= 15 is 0 Å². The van der Waals surface area contributed by atoms with Crippen LogP contribution in [0.1, 0.15) is 18.4 Å². The maximum absolute atomic E-state index is 12.6. The quantitative estimate of drug-likeness (QED) is 0.587. The Hall–Kier alpha value is -1.89. The number of piperidine rings is 1. The van der Waals surface area contributed by atoms with E-state index in [0.717, 1.165) is 5.56 Å². The lowest BCUT2D eigenvalue weighted by Gasteiger charge is -2.30. The van der Waals surface area contributed by atoms with Crippen molar-refractivity contribution in [1.29, 1.82) is 0 Å². The van der Waals surface area contributed by atoms with Gasteiger partial charge in [0.05, 0.1) is 10.8 Å². The molecule has 138 valence electrons. The van der Waals surface area contributed by atoms with Crippen molar-refractivity contribution < 1.29 is 17.9 Å². The first-order valence-electron chi connectivity index (χ1n) is 8.41. The van der Waals surface area contributed by atoms with E-state index in [-0.39, 0.29) is 16.8 Å². The highest BCUT2D eigenvalue weighted by Crippen LogP contribution is 2.27. The molecule has 3 rings (SSSR count). The van der Waals surface area contributed by atoms with Crippen molar-refractivity contribution in [2.75, 3.05) is 13.1 Å². The van der Waals surface area contributed by atoms with Gasteiger partial charge in [-0.25, -0.2) is 8.42 Å². The Bertz CT molecular complexity index is 891. The molecule has 2 aromatic rings. The molecule has 1 heterocycles. The second kappa shape index (κ2) is 7.78. The monoisotopic (exact) mass is 393 g/mol. The number of benzene rings is 2. The van der Waals surface area contributed by atoms with Gasteiger partial charge in [-0.1, -0.05) is 29.8 Å². The summed E-state index contributed by atoms with van der Waals surface area (Å²) in [5, 5.41) is 0.585. The van der Waals surface area contributed by atoms with E-state index in [9.17, 15) is 13.2 Å².